The maximum atomic E-state index is 5.41. The monoisotopic (exact) mass is 412 g/mol. The third-order valence-electron chi connectivity index (χ3n) is 3.75. The summed E-state index contributed by atoms with van der Waals surface area (Å²) in [7, 11) is 0. The first kappa shape index (κ1) is 14.4. The molecule has 0 amide bonds. The normalized spacial score (nSPS) is 15.7. The number of aromatic nitrogens is 2. The van der Waals surface area contributed by atoms with E-state index in [1.165, 1.54) is 31.4 Å². The quantitative estimate of drug-likeness (QED) is 0.612. The summed E-state index contributed by atoms with van der Waals surface area (Å²) in [6.45, 7) is 0. The minimum absolute atomic E-state index is 0.569. The number of nitrogens with one attached hydrogen (secondary N) is 1. The summed E-state index contributed by atoms with van der Waals surface area (Å²) in [6.07, 6.45) is 5.05. The summed E-state index contributed by atoms with van der Waals surface area (Å²) in [6, 6.07) is 8.12. The molecule has 2 aromatic rings. The zero-order valence-electron chi connectivity index (χ0n) is 10.8. The summed E-state index contributed by atoms with van der Waals surface area (Å²) >= 11 is 12.5. The maximum Gasteiger partial charge on any atom is 0.144 e. The second-order valence-corrected chi connectivity index (χ2v) is 7.21. The van der Waals surface area contributed by atoms with Crippen LogP contribution in [0.3, 0.4) is 0 Å². The second-order valence-electron chi connectivity index (χ2n) is 5.11. The van der Waals surface area contributed by atoms with Gasteiger partial charge in [-0.25, -0.2) is 4.98 Å². The largest absolute Gasteiger partial charge is 0.342 e. The van der Waals surface area contributed by atoms with Crippen molar-refractivity contribution in [2.45, 2.75) is 31.6 Å². The molecular weight excluding hydrogens is 400 g/mol. The number of benzene rings is 1. The van der Waals surface area contributed by atoms with Crippen molar-refractivity contribution in [3.63, 3.8) is 0 Å². The lowest BCUT2D eigenvalue weighted by molar-refractivity contribution is 0.690. The van der Waals surface area contributed by atoms with E-state index in [0.717, 1.165) is 20.3 Å². The van der Waals surface area contributed by atoms with Gasteiger partial charge >= 0.3 is 0 Å². The molecule has 1 aliphatic carbocycles. The van der Waals surface area contributed by atoms with E-state index in [2.05, 4.69) is 47.9 Å². The minimum atomic E-state index is 0.569. The smallest absolute Gasteiger partial charge is 0.144 e. The van der Waals surface area contributed by atoms with Gasteiger partial charge in [-0.1, -0.05) is 53.1 Å². The maximum absolute atomic E-state index is 5.41. The third-order valence-corrected chi connectivity index (χ3v) is 5.61. The Morgan fingerprint density at radius 3 is 2.65 bits per heavy atom. The van der Waals surface area contributed by atoms with E-state index < -0.39 is 0 Å². The zero-order chi connectivity index (χ0) is 14.1. The number of H-pyrrole nitrogens is 1. The molecule has 1 aromatic heterocycles. The molecule has 1 fully saturated rings. The molecule has 5 heteroatoms. The molecule has 1 aliphatic rings. The van der Waals surface area contributed by atoms with Crippen LogP contribution in [0.25, 0.3) is 11.4 Å². The van der Waals surface area contributed by atoms with Gasteiger partial charge in [0.25, 0.3) is 0 Å². The van der Waals surface area contributed by atoms with Gasteiger partial charge in [0.1, 0.15) is 10.5 Å². The molecule has 0 atom stereocenters. The Kier molecular flexibility index (Phi) is 4.38. The Hall–Kier alpha value is -0.520. The molecule has 1 N–H and O–H groups in total. The van der Waals surface area contributed by atoms with E-state index in [9.17, 15) is 0 Å². The Bertz CT molecular complexity index is 691. The van der Waals surface area contributed by atoms with Crippen LogP contribution in [-0.2, 0) is 0 Å². The molecule has 3 rings (SSSR count). The highest BCUT2D eigenvalue weighted by atomic mass is 79.9. The fraction of sp³-hybridized carbons (Fsp3) is 0.333. The van der Waals surface area contributed by atoms with Gasteiger partial charge in [0, 0.05) is 21.6 Å². The molecule has 0 saturated heterocycles. The van der Waals surface area contributed by atoms with Crippen molar-refractivity contribution in [3.05, 3.63) is 43.5 Å². The van der Waals surface area contributed by atoms with Crippen LogP contribution in [0.5, 0.6) is 0 Å². The van der Waals surface area contributed by atoms with E-state index in [1.54, 1.807) is 0 Å². The van der Waals surface area contributed by atoms with Gasteiger partial charge in [-0.3, -0.25) is 0 Å². The van der Waals surface area contributed by atoms with E-state index in [-0.39, 0.29) is 0 Å². The molecule has 0 spiro atoms. The Morgan fingerprint density at radius 2 is 1.95 bits per heavy atom. The number of aromatic amines is 1. The average molecular weight is 414 g/mol. The lowest BCUT2D eigenvalue weighted by atomic mass is 10.0. The molecule has 1 heterocycles. The van der Waals surface area contributed by atoms with Gasteiger partial charge in [0.15, 0.2) is 0 Å². The van der Waals surface area contributed by atoms with Crippen molar-refractivity contribution >= 4 is 44.1 Å². The second kappa shape index (κ2) is 6.08. The van der Waals surface area contributed by atoms with Crippen LogP contribution in [0.4, 0.5) is 0 Å². The molecular formula is C15H14Br2N2S. The minimum Gasteiger partial charge on any atom is -0.342 e. The third kappa shape index (κ3) is 2.90. The Morgan fingerprint density at radius 1 is 1.20 bits per heavy atom. The van der Waals surface area contributed by atoms with Crippen LogP contribution in [0.15, 0.2) is 33.2 Å². The highest BCUT2D eigenvalue weighted by Crippen LogP contribution is 2.37. The van der Waals surface area contributed by atoms with E-state index >= 15 is 0 Å². The van der Waals surface area contributed by atoms with Gasteiger partial charge in [-0.15, -0.1) is 0 Å². The SMILES string of the molecule is S=c1nc(-c2cccc(Br)c2)[nH]c(C2CCCC2)c1Br. The number of hydrogen-bond donors (Lipinski definition) is 1. The molecule has 0 aliphatic heterocycles. The molecule has 20 heavy (non-hydrogen) atoms. The van der Waals surface area contributed by atoms with Gasteiger partial charge in [-0.2, -0.15) is 0 Å². The predicted molar refractivity (Wildman–Crippen MR) is 91.5 cm³/mol. The van der Waals surface area contributed by atoms with Crippen molar-refractivity contribution in [2.24, 2.45) is 0 Å². The van der Waals surface area contributed by atoms with Crippen molar-refractivity contribution in [1.29, 1.82) is 0 Å². The lowest BCUT2D eigenvalue weighted by Gasteiger charge is -2.14. The van der Waals surface area contributed by atoms with Crippen LogP contribution < -0.4 is 0 Å². The standard InChI is InChI=1S/C15H14Br2N2S/c16-11-7-3-6-10(8-11)14-18-13(9-4-1-2-5-9)12(17)15(20)19-14/h3,6-9H,1-2,4-5H2,(H,18,19,20). The van der Waals surface area contributed by atoms with Crippen LogP contribution >= 0.6 is 44.1 Å². The average Bonchev–Trinajstić information content (AvgIpc) is 2.95. The fourth-order valence-corrected chi connectivity index (χ4v) is 3.86. The van der Waals surface area contributed by atoms with Gasteiger partial charge in [0.05, 0.1) is 4.47 Å². The molecule has 0 unspecified atom stereocenters. The van der Waals surface area contributed by atoms with Crippen molar-refractivity contribution < 1.29 is 0 Å². The predicted octanol–water partition coefficient (Wildman–Crippen LogP) is 5.99. The van der Waals surface area contributed by atoms with Crippen LogP contribution in [0.1, 0.15) is 37.3 Å². The number of halogens is 2. The molecule has 104 valence electrons. The number of nitrogens with zero attached hydrogens (tertiary/aromatic N) is 1. The zero-order valence-corrected chi connectivity index (χ0v) is 14.8. The van der Waals surface area contributed by atoms with Crippen LogP contribution in [0.2, 0.25) is 0 Å². The summed E-state index contributed by atoms with van der Waals surface area (Å²) < 4.78 is 2.64. The molecule has 0 radical (unpaired) electrons. The van der Waals surface area contributed by atoms with Gasteiger partial charge in [0.2, 0.25) is 0 Å². The highest BCUT2D eigenvalue weighted by molar-refractivity contribution is 9.10. The van der Waals surface area contributed by atoms with Gasteiger partial charge < -0.3 is 4.98 Å². The summed E-state index contributed by atoms with van der Waals surface area (Å²) in [5, 5.41) is 0. The van der Waals surface area contributed by atoms with Crippen LogP contribution in [0, 0.1) is 4.64 Å². The van der Waals surface area contributed by atoms with Crippen molar-refractivity contribution in [2.75, 3.05) is 0 Å². The first-order valence-corrected chi connectivity index (χ1v) is 8.70. The number of hydrogen-bond acceptors (Lipinski definition) is 2. The van der Waals surface area contributed by atoms with Crippen molar-refractivity contribution in [1.82, 2.24) is 9.97 Å². The molecule has 1 saturated carbocycles. The molecule has 2 nitrogen and oxygen atoms in total. The van der Waals surface area contributed by atoms with Gasteiger partial charge in [-0.05, 0) is 40.9 Å². The Labute approximate surface area is 140 Å². The Balaban J connectivity index is 2.11. The topological polar surface area (TPSA) is 28.7 Å². The summed E-state index contributed by atoms with van der Waals surface area (Å²) in [4.78, 5) is 8.00. The lowest BCUT2D eigenvalue weighted by Crippen LogP contribution is -2.02. The first-order chi connectivity index (χ1) is 9.65. The van der Waals surface area contributed by atoms with Crippen molar-refractivity contribution in [3.8, 4) is 11.4 Å². The summed E-state index contributed by atoms with van der Waals surface area (Å²) in [5.41, 5.74) is 2.26. The fourth-order valence-electron chi connectivity index (χ4n) is 2.74. The highest BCUT2D eigenvalue weighted by Gasteiger charge is 2.21. The summed E-state index contributed by atoms with van der Waals surface area (Å²) in [5.74, 6) is 1.42. The van der Waals surface area contributed by atoms with E-state index in [0.29, 0.717) is 10.6 Å². The molecule has 1 aromatic carbocycles. The van der Waals surface area contributed by atoms with E-state index in [4.69, 9.17) is 12.2 Å². The molecule has 0 bridgehead atoms. The number of rotatable bonds is 2. The van der Waals surface area contributed by atoms with Crippen LogP contribution in [-0.4, -0.2) is 9.97 Å². The van der Waals surface area contributed by atoms with E-state index in [1.807, 2.05) is 18.2 Å². The first-order valence-electron chi connectivity index (χ1n) is 6.71.